The van der Waals surface area contributed by atoms with E-state index < -0.39 is 0 Å². The van der Waals surface area contributed by atoms with Gasteiger partial charge in [0.15, 0.2) is 0 Å². The molecular weight excluding hydrogens is 354 g/mol. The average Bonchev–Trinajstić information content (AvgIpc) is 3.36. The molecule has 4 rings (SSSR count). The lowest BCUT2D eigenvalue weighted by atomic mass is 10.1. The van der Waals surface area contributed by atoms with Crippen LogP contribution in [0, 0.1) is 0 Å². The van der Waals surface area contributed by atoms with Gasteiger partial charge in [0.1, 0.15) is 11.0 Å². The summed E-state index contributed by atoms with van der Waals surface area (Å²) in [6, 6.07) is 8.05. The zero-order valence-electron chi connectivity index (χ0n) is 16.2. The highest BCUT2D eigenvalue weighted by Gasteiger charge is 2.17. The Morgan fingerprint density at radius 2 is 2.14 bits per heavy atom. The molecule has 144 valence electrons. The number of aromatic nitrogens is 6. The van der Waals surface area contributed by atoms with Crippen LogP contribution in [0.1, 0.15) is 32.5 Å². The van der Waals surface area contributed by atoms with Crippen LogP contribution in [0.25, 0.3) is 22.3 Å². The number of H-pyrrole nitrogens is 1. The second kappa shape index (κ2) is 7.67. The zero-order valence-corrected chi connectivity index (χ0v) is 16.2. The molecule has 8 nitrogen and oxygen atoms in total. The molecule has 0 aliphatic rings. The van der Waals surface area contributed by atoms with E-state index in [0.717, 1.165) is 33.7 Å². The van der Waals surface area contributed by atoms with Crippen molar-refractivity contribution in [3.05, 3.63) is 48.5 Å². The van der Waals surface area contributed by atoms with Gasteiger partial charge >= 0.3 is 0 Å². The fourth-order valence-corrected chi connectivity index (χ4v) is 3.14. The van der Waals surface area contributed by atoms with Crippen LogP contribution >= 0.6 is 0 Å². The normalized spacial score (nSPS) is 11.3. The van der Waals surface area contributed by atoms with Crippen molar-refractivity contribution in [2.75, 3.05) is 11.9 Å². The van der Waals surface area contributed by atoms with Crippen molar-refractivity contribution < 1.29 is 4.74 Å². The van der Waals surface area contributed by atoms with Gasteiger partial charge in [-0.2, -0.15) is 10.2 Å². The van der Waals surface area contributed by atoms with Gasteiger partial charge in [-0.25, -0.2) is 9.97 Å². The molecule has 0 unspecified atom stereocenters. The van der Waals surface area contributed by atoms with Crippen molar-refractivity contribution in [3.63, 3.8) is 0 Å². The van der Waals surface area contributed by atoms with Crippen molar-refractivity contribution in [1.29, 1.82) is 0 Å². The maximum absolute atomic E-state index is 5.70. The Balaban J connectivity index is 1.83. The lowest BCUT2D eigenvalue weighted by Gasteiger charge is -2.14. The van der Waals surface area contributed by atoms with Gasteiger partial charge in [0.05, 0.1) is 42.0 Å². The molecule has 0 saturated heterocycles. The number of nitrogens with zero attached hydrogens (tertiary/aromatic N) is 5. The van der Waals surface area contributed by atoms with E-state index in [4.69, 9.17) is 9.72 Å². The third kappa shape index (κ3) is 3.40. The van der Waals surface area contributed by atoms with Gasteiger partial charge in [-0.3, -0.25) is 9.78 Å². The maximum atomic E-state index is 5.70. The van der Waals surface area contributed by atoms with Crippen LogP contribution in [0.3, 0.4) is 0 Å². The second-order valence-electron chi connectivity index (χ2n) is 6.70. The molecule has 0 saturated carbocycles. The molecule has 0 spiro atoms. The molecule has 4 heterocycles. The number of rotatable bonds is 7. The van der Waals surface area contributed by atoms with Crippen LogP contribution in [-0.2, 0) is 6.54 Å². The summed E-state index contributed by atoms with van der Waals surface area (Å²) in [5.41, 5.74) is 5.39. The third-order valence-electron chi connectivity index (χ3n) is 4.40. The average molecular weight is 377 g/mol. The Hall–Kier alpha value is -3.42. The summed E-state index contributed by atoms with van der Waals surface area (Å²) in [6.45, 7) is 7.31. The maximum Gasteiger partial charge on any atom is 0.222 e. The number of pyridine rings is 2. The van der Waals surface area contributed by atoms with Gasteiger partial charge in [0, 0.05) is 18.4 Å². The lowest BCUT2D eigenvalue weighted by Crippen LogP contribution is -2.07. The summed E-state index contributed by atoms with van der Waals surface area (Å²) < 4.78 is 7.68. The van der Waals surface area contributed by atoms with E-state index in [9.17, 15) is 0 Å². The smallest absolute Gasteiger partial charge is 0.222 e. The van der Waals surface area contributed by atoms with Crippen LogP contribution in [-0.4, -0.2) is 36.6 Å². The van der Waals surface area contributed by atoms with Crippen molar-refractivity contribution in [2.24, 2.45) is 0 Å². The molecule has 0 amide bonds. The van der Waals surface area contributed by atoms with Gasteiger partial charge in [-0.05, 0) is 45.0 Å². The topological polar surface area (TPSA) is 93.5 Å². The molecular formula is C20H23N7O. The molecule has 8 heteroatoms. The lowest BCUT2D eigenvalue weighted by molar-refractivity contribution is 0.328. The number of aromatic amines is 1. The highest BCUT2D eigenvalue weighted by Crippen LogP contribution is 2.33. The summed E-state index contributed by atoms with van der Waals surface area (Å²) in [7, 11) is 0. The summed E-state index contributed by atoms with van der Waals surface area (Å²) in [5.74, 6) is 0.576. The summed E-state index contributed by atoms with van der Waals surface area (Å²) in [4.78, 5) is 9.19. The van der Waals surface area contributed by atoms with Gasteiger partial charge in [-0.1, -0.05) is 0 Å². The molecule has 4 aromatic rings. The molecule has 2 N–H and O–H groups in total. The molecule has 0 aliphatic carbocycles. The molecule has 0 atom stereocenters. The highest BCUT2D eigenvalue weighted by atomic mass is 16.5. The quantitative estimate of drug-likeness (QED) is 0.509. The first-order chi connectivity index (χ1) is 13.7. The standard InChI is InChI=1S/C20H23N7O/c1-4-28-20-15(6-5-8-21-20)16-10-17(22-11-14-7-9-23-26-14)19-18(25-16)12-24-27(19)13(2)3/h5-10,12-13H,4,11H2,1-3H3,(H,22,25)(H,23,26). The molecule has 0 bridgehead atoms. The van der Waals surface area contributed by atoms with Crippen LogP contribution in [0.2, 0.25) is 0 Å². The number of hydrogen-bond acceptors (Lipinski definition) is 6. The van der Waals surface area contributed by atoms with Gasteiger partial charge in [-0.15, -0.1) is 0 Å². The molecule has 0 aliphatic heterocycles. The number of ether oxygens (including phenoxy) is 1. The predicted molar refractivity (Wildman–Crippen MR) is 108 cm³/mol. The minimum atomic E-state index is 0.218. The molecule has 4 aromatic heterocycles. The second-order valence-corrected chi connectivity index (χ2v) is 6.70. The van der Waals surface area contributed by atoms with E-state index in [0.29, 0.717) is 19.0 Å². The van der Waals surface area contributed by atoms with Gasteiger partial charge < -0.3 is 10.1 Å². The Morgan fingerprint density at radius 1 is 1.25 bits per heavy atom. The molecule has 0 aromatic carbocycles. The van der Waals surface area contributed by atoms with Crippen LogP contribution < -0.4 is 10.1 Å². The third-order valence-corrected chi connectivity index (χ3v) is 4.40. The van der Waals surface area contributed by atoms with E-state index in [1.807, 2.05) is 35.9 Å². The number of fused-ring (bicyclic) bond motifs is 1. The summed E-state index contributed by atoms with van der Waals surface area (Å²) >= 11 is 0. The monoisotopic (exact) mass is 377 g/mol. The molecule has 0 radical (unpaired) electrons. The summed E-state index contributed by atoms with van der Waals surface area (Å²) in [6.07, 6.45) is 5.27. The van der Waals surface area contributed by atoms with Crippen LogP contribution in [0.4, 0.5) is 5.69 Å². The zero-order chi connectivity index (χ0) is 19.5. The highest BCUT2D eigenvalue weighted by molar-refractivity contribution is 5.91. The van der Waals surface area contributed by atoms with Crippen LogP contribution in [0.15, 0.2) is 42.9 Å². The van der Waals surface area contributed by atoms with E-state index in [1.165, 1.54) is 0 Å². The van der Waals surface area contributed by atoms with E-state index in [1.54, 1.807) is 18.6 Å². The van der Waals surface area contributed by atoms with Gasteiger partial charge in [0.25, 0.3) is 0 Å². The Labute approximate surface area is 163 Å². The number of anilines is 1. The first-order valence-corrected chi connectivity index (χ1v) is 9.36. The molecule has 0 fully saturated rings. The number of hydrogen-bond donors (Lipinski definition) is 2. The fourth-order valence-electron chi connectivity index (χ4n) is 3.14. The van der Waals surface area contributed by atoms with Crippen molar-refractivity contribution in [3.8, 4) is 17.1 Å². The minimum absolute atomic E-state index is 0.218. The van der Waals surface area contributed by atoms with Crippen molar-refractivity contribution >= 4 is 16.7 Å². The Morgan fingerprint density at radius 3 is 2.89 bits per heavy atom. The summed E-state index contributed by atoms with van der Waals surface area (Å²) in [5, 5.41) is 15.0. The first kappa shape index (κ1) is 18.0. The van der Waals surface area contributed by atoms with E-state index in [-0.39, 0.29) is 6.04 Å². The predicted octanol–water partition coefficient (Wildman–Crippen LogP) is 3.81. The first-order valence-electron chi connectivity index (χ1n) is 9.36. The fraction of sp³-hybridized carbons (Fsp3) is 0.300. The van der Waals surface area contributed by atoms with E-state index in [2.05, 4.69) is 39.4 Å². The Bertz CT molecular complexity index is 1070. The molecule has 28 heavy (non-hydrogen) atoms. The number of nitrogens with one attached hydrogen (secondary N) is 2. The van der Waals surface area contributed by atoms with Crippen molar-refractivity contribution in [2.45, 2.75) is 33.4 Å². The van der Waals surface area contributed by atoms with E-state index >= 15 is 0 Å². The van der Waals surface area contributed by atoms with Gasteiger partial charge in [0.2, 0.25) is 5.88 Å². The van der Waals surface area contributed by atoms with Crippen molar-refractivity contribution in [1.82, 2.24) is 29.9 Å². The SMILES string of the molecule is CCOc1ncccc1-c1cc(NCc2ccn[nH]2)c2c(cnn2C(C)C)n1. The van der Waals surface area contributed by atoms with Crippen LogP contribution in [0.5, 0.6) is 5.88 Å². The Kier molecular flexibility index (Phi) is 4.92. The largest absolute Gasteiger partial charge is 0.477 e. The minimum Gasteiger partial charge on any atom is -0.477 e.